The minimum atomic E-state index is 0.0557. The average Bonchev–Trinajstić information content (AvgIpc) is 2.50. The van der Waals surface area contributed by atoms with Crippen molar-refractivity contribution in [3.8, 4) is 0 Å². The first-order valence-electron chi connectivity index (χ1n) is 10.5. The Balaban J connectivity index is 1.32. The lowest BCUT2D eigenvalue weighted by molar-refractivity contribution is -0.0839. The lowest BCUT2D eigenvalue weighted by atomic mass is 9.53. The normalized spacial score (nSPS) is 43.1. The maximum Gasteiger partial charge on any atom is 0.315 e. The Morgan fingerprint density at radius 3 is 2.24 bits per heavy atom. The van der Waals surface area contributed by atoms with Gasteiger partial charge in [0.15, 0.2) is 0 Å². The molecule has 2 atom stereocenters. The summed E-state index contributed by atoms with van der Waals surface area (Å²) in [6.45, 7) is 8.32. The summed E-state index contributed by atoms with van der Waals surface area (Å²) >= 11 is 0. The first-order valence-corrected chi connectivity index (χ1v) is 10.5. The molecule has 4 aliphatic carbocycles. The van der Waals surface area contributed by atoms with Gasteiger partial charge in [0.05, 0.1) is 6.10 Å². The molecule has 1 aliphatic heterocycles. The van der Waals surface area contributed by atoms with Gasteiger partial charge in [-0.1, -0.05) is 20.8 Å². The van der Waals surface area contributed by atoms with Crippen LogP contribution in [0.4, 0.5) is 4.79 Å². The van der Waals surface area contributed by atoms with Gasteiger partial charge in [-0.15, -0.1) is 0 Å². The van der Waals surface area contributed by atoms with E-state index < -0.39 is 0 Å². The van der Waals surface area contributed by atoms with E-state index in [1.54, 1.807) is 0 Å². The van der Waals surface area contributed by atoms with E-state index in [0.717, 1.165) is 43.7 Å². The molecule has 5 aliphatic rings. The van der Waals surface area contributed by atoms with Crippen LogP contribution in [0.5, 0.6) is 0 Å². The summed E-state index contributed by atoms with van der Waals surface area (Å²) in [5, 5.41) is 6.63. The summed E-state index contributed by atoms with van der Waals surface area (Å²) in [7, 11) is 0. The van der Waals surface area contributed by atoms with Crippen molar-refractivity contribution >= 4 is 6.03 Å². The maximum atomic E-state index is 12.7. The van der Waals surface area contributed by atoms with Gasteiger partial charge >= 0.3 is 6.03 Å². The van der Waals surface area contributed by atoms with Crippen LogP contribution in [0.2, 0.25) is 0 Å². The first-order chi connectivity index (χ1) is 11.8. The zero-order valence-corrected chi connectivity index (χ0v) is 16.3. The second-order valence-corrected chi connectivity index (χ2v) is 10.6. The van der Waals surface area contributed by atoms with Crippen molar-refractivity contribution in [2.24, 2.45) is 29.1 Å². The smallest absolute Gasteiger partial charge is 0.315 e. The number of hydrogen-bond acceptors (Lipinski definition) is 2. The van der Waals surface area contributed by atoms with E-state index in [2.05, 4.69) is 31.4 Å². The minimum absolute atomic E-state index is 0.0557. The van der Waals surface area contributed by atoms with Crippen LogP contribution >= 0.6 is 0 Å². The summed E-state index contributed by atoms with van der Waals surface area (Å²) in [6, 6.07) is 0.0557. The van der Waals surface area contributed by atoms with Gasteiger partial charge in [0.2, 0.25) is 0 Å². The Kier molecular flexibility index (Phi) is 4.54. The summed E-state index contributed by atoms with van der Waals surface area (Å²) in [5.41, 5.74) is 0.231. The molecule has 0 aromatic rings. The molecule has 1 heterocycles. The fraction of sp³-hybridized carbons (Fsp3) is 0.952. The van der Waals surface area contributed by atoms with E-state index >= 15 is 0 Å². The number of amides is 2. The fourth-order valence-electron chi connectivity index (χ4n) is 6.78. The molecule has 0 aromatic heterocycles. The molecule has 4 saturated carbocycles. The third-order valence-corrected chi connectivity index (χ3v) is 7.24. The van der Waals surface area contributed by atoms with Crippen LogP contribution in [0.15, 0.2) is 0 Å². The monoisotopic (exact) mass is 348 g/mol. The second kappa shape index (κ2) is 6.44. The predicted octanol–water partition coefficient (Wildman–Crippen LogP) is 4.10. The highest BCUT2D eigenvalue weighted by Crippen LogP contribution is 2.55. The van der Waals surface area contributed by atoms with E-state index in [9.17, 15) is 4.79 Å². The zero-order chi connectivity index (χ0) is 17.7. The van der Waals surface area contributed by atoms with Crippen molar-refractivity contribution < 1.29 is 9.53 Å². The van der Waals surface area contributed by atoms with E-state index in [1.807, 2.05) is 0 Å². The maximum absolute atomic E-state index is 12.7. The Morgan fingerprint density at radius 2 is 1.68 bits per heavy atom. The lowest BCUT2D eigenvalue weighted by Crippen LogP contribution is -2.61. The number of carbonyl (C=O) groups is 1. The highest BCUT2D eigenvalue weighted by atomic mass is 16.5. The van der Waals surface area contributed by atoms with Crippen LogP contribution in [0, 0.1) is 29.1 Å². The molecule has 4 bridgehead atoms. The van der Waals surface area contributed by atoms with Gasteiger partial charge in [0, 0.05) is 24.6 Å². The number of urea groups is 1. The Labute approximate surface area is 152 Å². The minimum Gasteiger partial charge on any atom is -0.377 e. The molecule has 5 fully saturated rings. The van der Waals surface area contributed by atoms with Crippen LogP contribution in [-0.2, 0) is 4.74 Å². The molecule has 0 unspecified atom stereocenters. The van der Waals surface area contributed by atoms with E-state index in [1.165, 1.54) is 38.5 Å². The van der Waals surface area contributed by atoms with Gasteiger partial charge in [-0.05, 0) is 74.5 Å². The molecule has 1 saturated heterocycles. The van der Waals surface area contributed by atoms with Gasteiger partial charge in [-0.2, -0.15) is 0 Å². The molecule has 2 amide bonds. The van der Waals surface area contributed by atoms with Crippen molar-refractivity contribution in [3.05, 3.63) is 0 Å². The number of ether oxygens (including phenoxy) is 1. The van der Waals surface area contributed by atoms with Gasteiger partial charge in [-0.3, -0.25) is 0 Å². The van der Waals surface area contributed by atoms with Crippen molar-refractivity contribution in [1.82, 2.24) is 10.6 Å². The SMILES string of the molecule is CC(C)(C)[C@@H]1OCCC[C@H]1CNC(=O)NC12CC3CC(CC(C3)C1)C2. The average molecular weight is 349 g/mol. The van der Waals surface area contributed by atoms with E-state index in [-0.39, 0.29) is 23.1 Å². The van der Waals surface area contributed by atoms with Crippen LogP contribution in [0.1, 0.15) is 72.1 Å². The van der Waals surface area contributed by atoms with E-state index in [0.29, 0.717) is 5.92 Å². The van der Waals surface area contributed by atoms with Crippen LogP contribution in [-0.4, -0.2) is 30.8 Å². The Bertz CT molecular complexity index is 475. The van der Waals surface area contributed by atoms with Crippen molar-refractivity contribution in [1.29, 1.82) is 0 Å². The molecule has 5 rings (SSSR count). The Morgan fingerprint density at radius 1 is 1.08 bits per heavy atom. The summed E-state index contributed by atoms with van der Waals surface area (Å²) < 4.78 is 6.05. The highest BCUT2D eigenvalue weighted by Gasteiger charge is 2.51. The number of nitrogens with one attached hydrogen (secondary N) is 2. The fourth-order valence-corrected chi connectivity index (χ4v) is 6.78. The summed E-state index contributed by atoms with van der Waals surface area (Å²) in [4.78, 5) is 12.7. The second-order valence-electron chi connectivity index (χ2n) is 10.6. The third kappa shape index (κ3) is 3.70. The molecule has 0 radical (unpaired) electrons. The Hall–Kier alpha value is -0.770. The largest absolute Gasteiger partial charge is 0.377 e. The molecular weight excluding hydrogens is 312 g/mol. The number of rotatable bonds is 3. The number of hydrogen-bond donors (Lipinski definition) is 2. The molecule has 0 aromatic carbocycles. The molecular formula is C21H36N2O2. The van der Waals surface area contributed by atoms with Crippen molar-refractivity contribution in [2.45, 2.75) is 83.8 Å². The van der Waals surface area contributed by atoms with Crippen molar-refractivity contribution in [2.75, 3.05) is 13.2 Å². The first kappa shape index (κ1) is 17.6. The molecule has 4 nitrogen and oxygen atoms in total. The standard InChI is InChI=1S/C21H36N2O2/c1-20(2,3)18-17(5-4-6-25-18)13-22-19(24)23-21-10-14-7-15(11-21)9-16(8-14)12-21/h14-18H,4-13H2,1-3H3,(H2,22,23,24)/t14?,15?,16?,17-,18+,21?/m0/s1. The molecule has 2 N–H and O–H groups in total. The van der Waals surface area contributed by atoms with Gasteiger partial charge in [0.25, 0.3) is 0 Å². The van der Waals surface area contributed by atoms with Crippen molar-refractivity contribution in [3.63, 3.8) is 0 Å². The topological polar surface area (TPSA) is 50.4 Å². The molecule has 25 heavy (non-hydrogen) atoms. The van der Waals surface area contributed by atoms with Crippen LogP contribution in [0.25, 0.3) is 0 Å². The van der Waals surface area contributed by atoms with Gasteiger partial charge in [-0.25, -0.2) is 4.79 Å². The summed E-state index contributed by atoms with van der Waals surface area (Å²) in [6.07, 6.45) is 10.4. The third-order valence-electron chi connectivity index (χ3n) is 7.24. The predicted molar refractivity (Wildman–Crippen MR) is 99.4 cm³/mol. The van der Waals surface area contributed by atoms with Crippen LogP contribution < -0.4 is 10.6 Å². The summed E-state index contributed by atoms with van der Waals surface area (Å²) in [5.74, 6) is 3.02. The van der Waals surface area contributed by atoms with Crippen LogP contribution in [0.3, 0.4) is 0 Å². The molecule has 0 spiro atoms. The molecule has 4 heteroatoms. The number of carbonyl (C=O) groups excluding carboxylic acids is 1. The highest BCUT2D eigenvalue weighted by molar-refractivity contribution is 5.74. The van der Waals surface area contributed by atoms with E-state index in [4.69, 9.17) is 4.74 Å². The van der Waals surface area contributed by atoms with Gasteiger partial charge in [0.1, 0.15) is 0 Å². The zero-order valence-electron chi connectivity index (χ0n) is 16.3. The van der Waals surface area contributed by atoms with Gasteiger partial charge < -0.3 is 15.4 Å². The molecule has 142 valence electrons. The quantitative estimate of drug-likeness (QED) is 0.807. The lowest BCUT2D eigenvalue weighted by Gasteiger charge is -2.56.